The highest BCUT2D eigenvalue weighted by Gasteiger charge is 2.13. The van der Waals surface area contributed by atoms with Gasteiger partial charge in [0, 0.05) is 10.5 Å². The fraction of sp³-hybridized carbons (Fsp3) is 0.333. The van der Waals surface area contributed by atoms with Gasteiger partial charge in [-0.3, -0.25) is 4.79 Å². The Morgan fingerprint density at radius 2 is 2.06 bits per heavy atom. The summed E-state index contributed by atoms with van der Waals surface area (Å²) >= 11 is 6.52. The molecule has 3 N–H and O–H groups in total. The van der Waals surface area contributed by atoms with E-state index < -0.39 is 0 Å². The van der Waals surface area contributed by atoms with Gasteiger partial charge in [0.1, 0.15) is 0 Å². The fourth-order valence-electron chi connectivity index (χ4n) is 1.36. The molecule has 0 spiro atoms. The molecule has 1 rings (SSSR count). The molecule has 0 saturated heterocycles. The molecule has 0 aliphatic carbocycles. The first-order chi connectivity index (χ1) is 8.08. The second-order valence-corrected chi connectivity index (χ2v) is 4.92. The zero-order valence-electron chi connectivity index (χ0n) is 9.90. The third-order valence-corrected chi connectivity index (χ3v) is 3.44. The molecule has 0 aromatic heterocycles. The average Bonchev–Trinajstić information content (AvgIpc) is 2.35. The van der Waals surface area contributed by atoms with Gasteiger partial charge in [-0.25, -0.2) is 0 Å². The zero-order valence-corrected chi connectivity index (χ0v) is 11.5. The number of amides is 1. The van der Waals surface area contributed by atoms with E-state index in [1.165, 1.54) is 0 Å². The van der Waals surface area contributed by atoms with E-state index in [0.29, 0.717) is 17.0 Å². The number of thiocarbonyl (C=S) groups is 1. The lowest BCUT2D eigenvalue weighted by molar-refractivity contribution is 0.0946. The lowest BCUT2D eigenvalue weighted by atomic mass is 10.1. The fourth-order valence-corrected chi connectivity index (χ4v) is 1.99. The molecule has 0 bridgehead atoms. The summed E-state index contributed by atoms with van der Waals surface area (Å²) in [5, 5.41) is 2.81. The summed E-state index contributed by atoms with van der Waals surface area (Å²) in [7, 11) is 0. The van der Waals surface area contributed by atoms with Crippen LogP contribution in [0.4, 0.5) is 0 Å². The first kappa shape index (κ1) is 14.0. The Hall–Kier alpha value is -1.07. The van der Waals surface area contributed by atoms with Crippen molar-refractivity contribution in [1.82, 2.24) is 5.32 Å². The number of carbonyl (C=O) groups is 1. The number of nitrogens with one attached hydrogen (secondary N) is 1. The topological polar surface area (TPSA) is 55.1 Å². The molecule has 0 aliphatic rings. The Morgan fingerprint density at radius 1 is 1.47 bits per heavy atom. The van der Waals surface area contributed by atoms with Crippen LogP contribution in [0.1, 0.15) is 23.7 Å². The van der Waals surface area contributed by atoms with Crippen LogP contribution >= 0.6 is 24.0 Å². The molecule has 3 nitrogen and oxygen atoms in total. The second kappa shape index (κ2) is 6.61. The van der Waals surface area contributed by atoms with Crippen molar-refractivity contribution < 1.29 is 4.79 Å². The van der Waals surface area contributed by atoms with Crippen LogP contribution in [0.2, 0.25) is 0 Å². The van der Waals surface area contributed by atoms with Crippen LogP contribution in [0.5, 0.6) is 0 Å². The van der Waals surface area contributed by atoms with Gasteiger partial charge in [-0.05, 0) is 36.9 Å². The van der Waals surface area contributed by atoms with Gasteiger partial charge >= 0.3 is 0 Å². The Labute approximate surface area is 111 Å². The number of nitrogens with two attached hydrogens (primary N) is 1. The first-order valence-electron chi connectivity index (χ1n) is 5.32. The van der Waals surface area contributed by atoms with Gasteiger partial charge in [0.15, 0.2) is 0 Å². The van der Waals surface area contributed by atoms with Crippen molar-refractivity contribution in [1.29, 1.82) is 0 Å². The van der Waals surface area contributed by atoms with Gasteiger partial charge in [-0.2, -0.15) is 0 Å². The van der Waals surface area contributed by atoms with E-state index in [4.69, 9.17) is 18.0 Å². The molecule has 1 aromatic carbocycles. The van der Waals surface area contributed by atoms with Gasteiger partial charge in [0.05, 0.1) is 11.0 Å². The molecule has 5 heteroatoms. The molecular formula is C12H16N2OS2. The van der Waals surface area contributed by atoms with Crippen molar-refractivity contribution in [2.45, 2.75) is 24.3 Å². The quantitative estimate of drug-likeness (QED) is 0.635. The Bertz CT molecular complexity index is 403. The predicted octanol–water partition coefficient (Wildman–Crippen LogP) is 2.20. The molecule has 0 saturated carbocycles. The second-order valence-electron chi connectivity index (χ2n) is 3.57. The minimum absolute atomic E-state index is 0.141. The predicted molar refractivity (Wildman–Crippen MR) is 76.6 cm³/mol. The SMILES string of the molecule is CCC(NC(=O)c1ccc(SC)cc1)C(N)=S. The van der Waals surface area contributed by atoms with E-state index in [-0.39, 0.29) is 11.9 Å². The molecule has 1 aromatic rings. The standard InChI is InChI=1S/C12H16N2OS2/c1-3-10(11(13)16)14-12(15)8-4-6-9(17-2)7-5-8/h4-7,10H,3H2,1-2H3,(H2,13,16)(H,14,15). The summed E-state index contributed by atoms with van der Waals surface area (Å²) in [5.74, 6) is -0.141. The monoisotopic (exact) mass is 268 g/mol. The van der Waals surface area contributed by atoms with Gasteiger partial charge in [-0.15, -0.1) is 11.8 Å². The molecule has 0 radical (unpaired) electrons. The van der Waals surface area contributed by atoms with Crippen LogP contribution in [-0.2, 0) is 0 Å². The third kappa shape index (κ3) is 4.02. The number of hydrogen-bond donors (Lipinski definition) is 2. The summed E-state index contributed by atoms with van der Waals surface area (Å²) in [5.41, 5.74) is 6.16. The molecule has 17 heavy (non-hydrogen) atoms. The summed E-state index contributed by atoms with van der Waals surface area (Å²) in [6.07, 6.45) is 2.69. The highest BCUT2D eigenvalue weighted by atomic mass is 32.2. The van der Waals surface area contributed by atoms with E-state index in [2.05, 4.69) is 5.32 Å². The van der Waals surface area contributed by atoms with Crippen molar-refractivity contribution >= 4 is 34.9 Å². The molecule has 0 aliphatic heterocycles. The van der Waals surface area contributed by atoms with E-state index in [1.807, 2.05) is 25.3 Å². The van der Waals surface area contributed by atoms with E-state index >= 15 is 0 Å². The highest BCUT2D eigenvalue weighted by Crippen LogP contribution is 2.14. The van der Waals surface area contributed by atoms with Crippen molar-refractivity contribution in [3.05, 3.63) is 29.8 Å². The van der Waals surface area contributed by atoms with Crippen molar-refractivity contribution in [2.75, 3.05) is 6.26 Å². The summed E-state index contributed by atoms with van der Waals surface area (Å²) in [4.78, 5) is 13.3. The van der Waals surface area contributed by atoms with E-state index in [0.717, 1.165) is 4.90 Å². The van der Waals surface area contributed by atoms with E-state index in [9.17, 15) is 4.79 Å². The van der Waals surface area contributed by atoms with Gasteiger partial charge in [0.25, 0.3) is 5.91 Å². The molecule has 1 atom stereocenters. The van der Waals surface area contributed by atoms with Crippen molar-refractivity contribution in [3.8, 4) is 0 Å². The normalized spacial score (nSPS) is 11.9. The van der Waals surface area contributed by atoms with E-state index in [1.54, 1.807) is 23.9 Å². The smallest absolute Gasteiger partial charge is 0.251 e. The summed E-state index contributed by atoms with van der Waals surface area (Å²) < 4.78 is 0. The summed E-state index contributed by atoms with van der Waals surface area (Å²) in [6.45, 7) is 1.93. The molecule has 92 valence electrons. The Kier molecular flexibility index (Phi) is 5.44. The maximum atomic E-state index is 11.9. The molecule has 0 fully saturated rings. The minimum atomic E-state index is -0.238. The van der Waals surface area contributed by atoms with Gasteiger partial charge < -0.3 is 11.1 Å². The Balaban J connectivity index is 2.72. The lowest BCUT2D eigenvalue weighted by Gasteiger charge is -2.15. The molecule has 1 amide bonds. The van der Waals surface area contributed by atoms with Crippen LogP contribution < -0.4 is 11.1 Å². The number of thioether (sulfide) groups is 1. The van der Waals surface area contributed by atoms with Crippen molar-refractivity contribution in [3.63, 3.8) is 0 Å². The maximum Gasteiger partial charge on any atom is 0.251 e. The summed E-state index contributed by atoms with van der Waals surface area (Å²) in [6, 6.07) is 7.20. The zero-order chi connectivity index (χ0) is 12.8. The van der Waals surface area contributed by atoms with Crippen LogP contribution in [0.25, 0.3) is 0 Å². The first-order valence-corrected chi connectivity index (χ1v) is 6.96. The minimum Gasteiger partial charge on any atom is -0.392 e. The number of hydrogen-bond acceptors (Lipinski definition) is 3. The molecule has 1 unspecified atom stereocenters. The third-order valence-electron chi connectivity index (χ3n) is 2.41. The largest absolute Gasteiger partial charge is 0.392 e. The number of carbonyl (C=O) groups excluding carboxylic acids is 1. The van der Waals surface area contributed by atoms with Gasteiger partial charge in [0.2, 0.25) is 0 Å². The van der Waals surface area contributed by atoms with Crippen molar-refractivity contribution in [2.24, 2.45) is 5.73 Å². The molecular weight excluding hydrogens is 252 g/mol. The lowest BCUT2D eigenvalue weighted by Crippen LogP contribution is -2.42. The number of rotatable bonds is 5. The molecule has 0 heterocycles. The van der Waals surface area contributed by atoms with Crippen LogP contribution in [0.15, 0.2) is 29.2 Å². The number of benzene rings is 1. The maximum absolute atomic E-state index is 11.9. The highest BCUT2D eigenvalue weighted by molar-refractivity contribution is 7.98. The van der Waals surface area contributed by atoms with Crippen LogP contribution in [0, 0.1) is 0 Å². The van der Waals surface area contributed by atoms with Crippen LogP contribution in [0.3, 0.4) is 0 Å². The Morgan fingerprint density at radius 3 is 2.47 bits per heavy atom. The van der Waals surface area contributed by atoms with Crippen LogP contribution in [-0.4, -0.2) is 23.2 Å². The van der Waals surface area contributed by atoms with Gasteiger partial charge in [-0.1, -0.05) is 19.1 Å². The average molecular weight is 268 g/mol.